The first-order valence-electron chi connectivity index (χ1n) is 12.7. The molecule has 5 rings (SSSR count). The monoisotopic (exact) mass is 498 g/mol. The molecular weight excluding hydrogens is 468 g/mol. The Balaban J connectivity index is 1.62. The van der Waals surface area contributed by atoms with Crippen molar-refractivity contribution in [1.29, 1.82) is 0 Å². The van der Waals surface area contributed by atoms with Crippen LogP contribution >= 0.6 is 11.6 Å². The summed E-state index contributed by atoms with van der Waals surface area (Å²) in [5.74, 6) is 0.825. The van der Waals surface area contributed by atoms with Crippen molar-refractivity contribution in [3.05, 3.63) is 64.2 Å². The van der Waals surface area contributed by atoms with Crippen molar-refractivity contribution in [2.45, 2.75) is 76.3 Å². The number of halogens is 1. The Morgan fingerprint density at radius 3 is 2.00 bits per heavy atom. The molecule has 186 valence electrons. The Kier molecular flexibility index (Phi) is 7.03. The Hall–Kier alpha value is -2.57. The number of carbonyl (C=O) groups is 2. The number of carboxylic acid groups (broad SMARTS) is 1. The topological polar surface area (TPSA) is 82.1 Å². The van der Waals surface area contributed by atoms with Gasteiger partial charge in [0.2, 0.25) is 0 Å². The van der Waals surface area contributed by atoms with Crippen molar-refractivity contribution in [3.63, 3.8) is 0 Å². The summed E-state index contributed by atoms with van der Waals surface area (Å²) in [6.45, 7) is -1.33. The van der Waals surface area contributed by atoms with E-state index in [1.54, 1.807) is 36.4 Å². The minimum absolute atomic E-state index is 0.102. The van der Waals surface area contributed by atoms with Crippen LogP contribution in [-0.2, 0) is 15.1 Å². The average molecular weight is 499 g/mol. The van der Waals surface area contributed by atoms with Gasteiger partial charge >= 0.3 is 12.6 Å². The maximum absolute atomic E-state index is 13.4. The molecule has 3 aliphatic rings. The fourth-order valence-corrected chi connectivity index (χ4v) is 6.48. The lowest BCUT2D eigenvalue weighted by Gasteiger charge is -2.52. The molecule has 0 aromatic heterocycles. The molecule has 2 aromatic rings. The van der Waals surface area contributed by atoms with Crippen LogP contribution < -0.4 is 4.74 Å². The standard InChI is InChI=1S/C28H31ClO6/c29-22-14-11-18(12-15-22)25(30)19-13-16-24-23(17-19)28(20-7-3-1-4-8-20,21-9-5-2-6-10-21)35-27(33-24)34-26(31)32/h11-17,20-21,27H,1-10H2,(H,31,32). The summed E-state index contributed by atoms with van der Waals surface area (Å²) in [6.07, 6.45) is 9.31. The summed E-state index contributed by atoms with van der Waals surface area (Å²) in [4.78, 5) is 24.8. The van der Waals surface area contributed by atoms with E-state index in [2.05, 4.69) is 0 Å². The SMILES string of the molecule is O=C(O)OC1Oc2ccc(C(=O)c3ccc(Cl)cc3)cc2C(C2CCCCC2)(C2CCCCC2)O1. The second-order valence-corrected chi connectivity index (χ2v) is 10.4. The second kappa shape index (κ2) is 10.2. The number of ether oxygens (including phenoxy) is 3. The smallest absolute Gasteiger partial charge is 0.450 e. The number of fused-ring (bicyclic) bond motifs is 1. The van der Waals surface area contributed by atoms with Crippen LogP contribution in [-0.4, -0.2) is 23.5 Å². The van der Waals surface area contributed by atoms with Crippen molar-refractivity contribution in [2.75, 3.05) is 0 Å². The van der Waals surface area contributed by atoms with Gasteiger partial charge in [0.05, 0.1) is 0 Å². The highest BCUT2D eigenvalue weighted by molar-refractivity contribution is 6.30. The Labute approximate surface area is 210 Å². The lowest BCUT2D eigenvalue weighted by Crippen LogP contribution is -2.53. The first kappa shape index (κ1) is 24.1. The summed E-state index contributed by atoms with van der Waals surface area (Å²) in [7, 11) is 0. The van der Waals surface area contributed by atoms with E-state index in [4.69, 9.17) is 25.8 Å². The van der Waals surface area contributed by atoms with Gasteiger partial charge in [-0.3, -0.25) is 9.53 Å². The van der Waals surface area contributed by atoms with E-state index in [-0.39, 0.29) is 17.6 Å². The zero-order valence-electron chi connectivity index (χ0n) is 19.7. The van der Waals surface area contributed by atoms with Crippen LogP contribution in [0.1, 0.15) is 85.7 Å². The van der Waals surface area contributed by atoms with Crippen LogP contribution in [0, 0.1) is 11.8 Å². The highest BCUT2D eigenvalue weighted by Crippen LogP contribution is 2.56. The van der Waals surface area contributed by atoms with Crippen LogP contribution in [0.15, 0.2) is 42.5 Å². The van der Waals surface area contributed by atoms with Gasteiger partial charge in [-0.15, -0.1) is 0 Å². The van der Waals surface area contributed by atoms with Crippen molar-refractivity contribution < 1.29 is 28.9 Å². The minimum Gasteiger partial charge on any atom is -0.450 e. The van der Waals surface area contributed by atoms with E-state index < -0.39 is 18.2 Å². The van der Waals surface area contributed by atoms with E-state index in [0.29, 0.717) is 21.9 Å². The molecular formula is C28H31ClO6. The van der Waals surface area contributed by atoms with Crippen LogP contribution in [0.3, 0.4) is 0 Å². The molecule has 35 heavy (non-hydrogen) atoms. The van der Waals surface area contributed by atoms with Gasteiger partial charge in [0.15, 0.2) is 5.78 Å². The highest BCUT2D eigenvalue weighted by atomic mass is 35.5. The molecule has 1 aliphatic heterocycles. The Bertz CT molecular complexity index is 1050. The van der Waals surface area contributed by atoms with Crippen LogP contribution in [0.25, 0.3) is 0 Å². The molecule has 7 heteroatoms. The minimum atomic E-state index is -1.44. The van der Waals surface area contributed by atoms with Gasteiger partial charge in [0.25, 0.3) is 0 Å². The van der Waals surface area contributed by atoms with Crippen LogP contribution in [0.2, 0.25) is 5.02 Å². The maximum Gasteiger partial charge on any atom is 0.510 e. The summed E-state index contributed by atoms with van der Waals surface area (Å²) >= 11 is 6.02. The van der Waals surface area contributed by atoms with Gasteiger partial charge in [-0.05, 0) is 80.0 Å². The van der Waals surface area contributed by atoms with Gasteiger partial charge in [0.1, 0.15) is 11.4 Å². The summed E-state index contributed by atoms with van der Waals surface area (Å²) < 4.78 is 17.5. The number of ketones is 1. The molecule has 0 spiro atoms. The van der Waals surface area contributed by atoms with Crippen LogP contribution in [0.4, 0.5) is 4.79 Å². The van der Waals surface area contributed by atoms with Crippen molar-refractivity contribution in [3.8, 4) is 5.75 Å². The number of carbonyl (C=O) groups excluding carboxylic acids is 1. The molecule has 2 aromatic carbocycles. The molecule has 6 nitrogen and oxygen atoms in total. The summed E-state index contributed by atoms with van der Waals surface area (Å²) in [5.41, 5.74) is 1.19. The first-order chi connectivity index (χ1) is 17.0. The summed E-state index contributed by atoms with van der Waals surface area (Å²) in [5, 5.41) is 9.91. The number of hydrogen-bond acceptors (Lipinski definition) is 5. The number of benzene rings is 2. The molecule has 2 saturated carbocycles. The third-order valence-corrected chi connectivity index (χ3v) is 8.16. The second-order valence-electron chi connectivity index (χ2n) is 9.92. The first-order valence-corrected chi connectivity index (χ1v) is 13.0. The Morgan fingerprint density at radius 1 is 0.857 bits per heavy atom. The predicted octanol–water partition coefficient (Wildman–Crippen LogP) is 7.31. The lowest BCUT2D eigenvalue weighted by molar-refractivity contribution is -0.324. The zero-order valence-corrected chi connectivity index (χ0v) is 20.5. The molecule has 0 saturated heterocycles. The van der Waals surface area contributed by atoms with E-state index >= 15 is 0 Å². The largest absolute Gasteiger partial charge is 0.510 e. The summed E-state index contributed by atoms with van der Waals surface area (Å²) in [6, 6.07) is 12.3. The fraction of sp³-hybridized carbons (Fsp3) is 0.500. The molecule has 2 aliphatic carbocycles. The molecule has 1 unspecified atom stereocenters. The van der Waals surface area contributed by atoms with Gasteiger partial charge < -0.3 is 14.6 Å². The molecule has 0 bridgehead atoms. The number of hydrogen-bond donors (Lipinski definition) is 1. The number of rotatable bonds is 5. The van der Waals surface area contributed by atoms with Crippen molar-refractivity contribution >= 4 is 23.5 Å². The van der Waals surface area contributed by atoms with E-state index in [1.807, 2.05) is 6.07 Å². The van der Waals surface area contributed by atoms with Gasteiger partial charge in [0, 0.05) is 21.7 Å². The maximum atomic E-state index is 13.4. The van der Waals surface area contributed by atoms with Gasteiger partial charge in [-0.2, -0.15) is 0 Å². The fourth-order valence-electron chi connectivity index (χ4n) is 6.36. The van der Waals surface area contributed by atoms with Gasteiger partial charge in [-0.1, -0.05) is 50.1 Å². The van der Waals surface area contributed by atoms with E-state index in [9.17, 15) is 14.7 Å². The molecule has 0 radical (unpaired) electrons. The third-order valence-electron chi connectivity index (χ3n) is 7.90. The Morgan fingerprint density at radius 2 is 1.43 bits per heavy atom. The molecule has 0 amide bonds. The van der Waals surface area contributed by atoms with Crippen molar-refractivity contribution in [2.24, 2.45) is 11.8 Å². The molecule has 1 atom stereocenters. The molecule has 2 fully saturated rings. The average Bonchev–Trinajstić information content (AvgIpc) is 2.88. The highest BCUT2D eigenvalue weighted by Gasteiger charge is 2.54. The lowest BCUT2D eigenvalue weighted by atomic mass is 9.62. The van der Waals surface area contributed by atoms with E-state index in [1.165, 1.54) is 12.8 Å². The van der Waals surface area contributed by atoms with E-state index in [0.717, 1.165) is 56.9 Å². The predicted molar refractivity (Wildman–Crippen MR) is 131 cm³/mol. The molecule has 1 N–H and O–H groups in total. The zero-order chi connectivity index (χ0) is 24.4. The quantitative estimate of drug-likeness (QED) is 0.343. The normalized spacial score (nSPS) is 22.6. The van der Waals surface area contributed by atoms with Crippen LogP contribution in [0.5, 0.6) is 5.75 Å². The van der Waals surface area contributed by atoms with Crippen molar-refractivity contribution in [1.82, 2.24) is 0 Å². The third kappa shape index (κ3) is 4.78. The van der Waals surface area contributed by atoms with Gasteiger partial charge in [-0.25, -0.2) is 4.79 Å². The molecule has 1 heterocycles.